The van der Waals surface area contributed by atoms with Gasteiger partial charge in [0.25, 0.3) is 0 Å². The number of carbonyl (C=O) groups is 2. The van der Waals surface area contributed by atoms with Gasteiger partial charge >= 0.3 is 0 Å². The van der Waals surface area contributed by atoms with E-state index in [0.29, 0.717) is 33.6 Å². The first-order valence-corrected chi connectivity index (χ1v) is 13.6. The van der Waals surface area contributed by atoms with Gasteiger partial charge in [0.15, 0.2) is 5.78 Å². The van der Waals surface area contributed by atoms with Gasteiger partial charge in [-0.25, -0.2) is 0 Å². The second kappa shape index (κ2) is 11.8. The molecule has 0 bridgehead atoms. The second-order valence-electron chi connectivity index (χ2n) is 8.87. The molecule has 1 amide bonds. The van der Waals surface area contributed by atoms with Gasteiger partial charge < -0.3 is 10.2 Å². The Hall–Kier alpha value is -2.28. The van der Waals surface area contributed by atoms with E-state index in [-0.39, 0.29) is 22.8 Å². The Morgan fingerprint density at radius 3 is 2.34 bits per heavy atom. The fraction of sp³-hybridized carbons (Fsp3) is 0.250. The lowest BCUT2D eigenvalue weighted by Crippen LogP contribution is -2.17. The van der Waals surface area contributed by atoms with Crippen molar-refractivity contribution in [1.82, 2.24) is 0 Å². The number of halogens is 5. The Labute approximate surface area is 246 Å². The van der Waals surface area contributed by atoms with Crippen molar-refractivity contribution in [3.8, 4) is 0 Å². The van der Waals surface area contributed by atoms with E-state index in [2.05, 4.69) is 10.5 Å². The van der Waals surface area contributed by atoms with Crippen LogP contribution >= 0.6 is 58.0 Å². The third-order valence-electron chi connectivity index (χ3n) is 6.20. The third kappa shape index (κ3) is 6.30. The van der Waals surface area contributed by atoms with Crippen LogP contribution < -0.4 is 5.32 Å². The highest BCUT2D eigenvalue weighted by Crippen LogP contribution is 2.65. The van der Waals surface area contributed by atoms with Gasteiger partial charge in [-0.15, -0.1) is 23.2 Å². The summed E-state index contributed by atoms with van der Waals surface area (Å²) in [6.07, 6.45) is 0.0823. The smallest absolute Gasteiger partial charge is 0.231 e. The number of alkyl halides is 2. The van der Waals surface area contributed by atoms with Gasteiger partial charge in [0.05, 0.1) is 16.7 Å². The van der Waals surface area contributed by atoms with E-state index in [9.17, 15) is 9.59 Å². The molecular formula is C28H23Cl5N2O3. The van der Waals surface area contributed by atoms with E-state index in [1.807, 2.05) is 38.1 Å². The van der Waals surface area contributed by atoms with Crippen molar-refractivity contribution in [2.75, 3.05) is 11.9 Å². The third-order valence-corrected chi connectivity index (χ3v) is 7.91. The molecule has 1 N–H and O–H groups in total. The van der Waals surface area contributed by atoms with E-state index >= 15 is 0 Å². The van der Waals surface area contributed by atoms with Crippen molar-refractivity contribution in [2.45, 2.75) is 30.5 Å². The summed E-state index contributed by atoms with van der Waals surface area (Å²) in [7, 11) is 0. The molecule has 0 saturated heterocycles. The molecule has 10 heteroatoms. The normalized spacial score (nSPS) is 18.1. The van der Waals surface area contributed by atoms with Gasteiger partial charge in [0.2, 0.25) is 5.91 Å². The van der Waals surface area contributed by atoms with Crippen LogP contribution in [0, 0.1) is 5.92 Å². The molecule has 2 atom stereocenters. The average molecular weight is 613 g/mol. The summed E-state index contributed by atoms with van der Waals surface area (Å²) in [5.41, 5.74) is 3.57. The summed E-state index contributed by atoms with van der Waals surface area (Å²) in [5.74, 6) is -1.85. The van der Waals surface area contributed by atoms with Gasteiger partial charge in [-0.1, -0.05) is 64.2 Å². The number of benzene rings is 3. The highest BCUT2D eigenvalue weighted by atomic mass is 35.5. The van der Waals surface area contributed by atoms with Gasteiger partial charge in [0.1, 0.15) is 10.9 Å². The number of amides is 1. The zero-order valence-electron chi connectivity index (χ0n) is 20.4. The van der Waals surface area contributed by atoms with Gasteiger partial charge in [-0.05, 0) is 61.4 Å². The van der Waals surface area contributed by atoms with Crippen molar-refractivity contribution in [2.24, 2.45) is 11.1 Å². The first-order valence-electron chi connectivity index (χ1n) is 11.7. The molecule has 5 nitrogen and oxygen atoms in total. The first-order chi connectivity index (χ1) is 18.0. The number of rotatable bonds is 9. The molecule has 0 radical (unpaired) electrons. The number of carbonyl (C=O) groups excluding carboxylic acids is 2. The monoisotopic (exact) mass is 610 g/mol. The summed E-state index contributed by atoms with van der Waals surface area (Å²) < 4.78 is -1.33. The lowest BCUT2D eigenvalue weighted by Gasteiger charge is -2.11. The van der Waals surface area contributed by atoms with Crippen LogP contribution in [0.15, 0.2) is 65.8 Å². The van der Waals surface area contributed by atoms with Gasteiger partial charge in [-0.2, -0.15) is 0 Å². The Bertz CT molecular complexity index is 1400. The SMILES string of the molecule is CCO/N=C(\C)c1ccccc1CC(=O)c1cc(NC(=O)C2C(c3cc(Cl)cc(Cl)c3)C2(Cl)Cl)ccc1Cl. The van der Waals surface area contributed by atoms with Crippen molar-refractivity contribution < 1.29 is 14.4 Å². The van der Waals surface area contributed by atoms with E-state index in [1.54, 1.807) is 36.4 Å². The molecule has 1 fully saturated rings. The Balaban J connectivity index is 1.52. The lowest BCUT2D eigenvalue weighted by molar-refractivity contribution is -0.117. The van der Waals surface area contributed by atoms with E-state index in [4.69, 9.17) is 62.8 Å². The van der Waals surface area contributed by atoms with Crippen molar-refractivity contribution in [1.29, 1.82) is 0 Å². The Morgan fingerprint density at radius 2 is 1.66 bits per heavy atom. The van der Waals surface area contributed by atoms with Crippen molar-refractivity contribution >= 4 is 81.1 Å². The number of anilines is 1. The standard InChI is InChI=1S/C28H23Cl5N2O3/c1-3-38-35-15(2)21-7-5-4-6-16(21)12-24(36)22-14-20(8-9-23(22)31)34-27(37)26-25(28(26,32)33)17-10-18(29)13-19(30)11-17/h4-11,13-14,25-26H,3,12H2,1-2H3,(H,34,37)/b35-15+. The lowest BCUT2D eigenvalue weighted by atomic mass is 9.96. The molecule has 1 aliphatic carbocycles. The Morgan fingerprint density at radius 1 is 0.974 bits per heavy atom. The molecule has 1 aliphatic rings. The van der Waals surface area contributed by atoms with Gasteiger partial charge in [-0.3, -0.25) is 9.59 Å². The number of ketones is 1. The molecule has 0 aromatic heterocycles. The van der Waals surface area contributed by atoms with E-state index in [1.165, 1.54) is 0 Å². The largest absolute Gasteiger partial charge is 0.396 e. The van der Waals surface area contributed by atoms with Crippen LogP contribution in [0.25, 0.3) is 0 Å². The minimum Gasteiger partial charge on any atom is -0.396 e. The Kier molecular flexibility index (Phi) is 8.96. The highest BCUT2D eigenvalue weighted by molar-refractivity contribution is 6.53. The molecule has 198 valence electrons. The second-order valence-corrected chi connectivity index (χ2v) is 11.6. The molecule has 0 spiro atoms. The molecular weight excluding hydrogens is 590 g/mol. The summed E-state index contributed by atoms with van der Waals surface area (Å²) in [6, 6.07) is 17.1. The van der Waals surface area contributed by atoms with Crippen LogP contribution in [-0.4, -0.2) is 28.3 Å². The highest BCUT2D eigenvalue weighted by Gasteiger charge is 2.67. The molecule has 0 aliphatic heterocycles. The predicted octanol–water partition coefficient (Wildman–Crippen LogP) is 8.36. The van der Waals surface area contributed by atoms with E-state index < -0.39 is 22.1 Å². The molecule has 4 rings (SSSR count). The van der Waals surface area contributed by atoms with Crippen LogP contribution in [0.2, 0.25) is 15.1 Å². The molecule has 3 aromatic rings. The fourth-order valence-corrected chi connectivity index (χ4v) is 5.96. The summed E-state index contributed by atoms with van der Waals surface area (Å²) in [4.78, 5) is 31.6. The van der Waals surface area contributed by atoms with Crippen LogP contribution in [-0.2, 0) is 16.1 Å². The van der Waals surface area contributed by atoms with Crippen LogP contribution in [0.4, 0.5) is 5.69 Å². The number of hydrogen-bond donors (Lipinski definition) is 1. The van der Waals surface area contributed by atoms with Crippen molar-refractivity contribution in [3.05, 3.63) is 98.0 Å². The van der Waals surface area contributed by atoms with Crippen molar-refractivity contribution in [3.63, 3.8) is 0 Å². The van der Waals surface area contributed by atoms with Crippen LogP contribution in [0.5, 0.6) is 0 Å². The fourth-order valence-electron chi connectivity index (χ4n) is 4.37. The molecule has 1 saturated carbocycles. The minimum atomic E-state index is -1.33. The maximum Gasteiger partial charge on any atom is 0.231 e. The average Bonchev–Trinajstić information content (AvgIpc) is 3.45. The molecule has 0 heterocycles. The quantitative estimate of drug-likeness (QED) is 0.114. The number of nitrogens with zero attached hydrogens (tertiary/aromatic N) is 1. The zero-order chi connectivity index (χ0) is 27.6. The maximum atomic E-state index is 13.3. The van der Waals surface area contributed by atoms with E-state index in [0.717, 1.165) is 11.1 Å². The number of Topliss-reactive ketones (excluding diaryl/α,β-unsaturated/α-hetero) is 1. The maximum absolute atomic E-state index is 13.3. The molecule has 2 unspecified atom stereocenters. The molecule has 38 heavy (non-hydrogen) atoms. The molecule has 3 aromatic carbocycles. The summed E-state index contributed by atoms with van der Waals surface area (Å²) in [5, 5.41) is 8.00. The number of oxime groups is 1. The summed E-state index contributed by atoms with van der Waals surface area (Å²) in [6.45, 7) is 4.10. The zero-order valence-corrected chi connectivity index (χ0v) is 24.2. The number of nitrogens with one attached hydrogen (secondary N) is 1. The summed E-state index contributed by atoms with van der Waals surface area (Å²) >= 11 is 31.5. The van der Waals surface area contributed by atoms with Crippen LogP contribution in [0.1, 0.15) is 46.8 Å². The predicted molar refractivity (Wildman–Crippen MR) is 156 cm³/mol. The minimum absolute atomic E-state index is 0.0823. The first kappa shape index (κ1) is 28.7. The van der Waals surface area contributed by atoms with Crippen LogP contribution in [0.3, 0.4) is 0 Å². The number of hydrogen-bond acceptors (Lipinski definition) is 4. The topological polar surface area (TPSA) is 67.8 Å². The van der Waals surface area contributed by atoms with Gasteiger partial charge in [0, 0.05) is 39.2 Å².